The Morgan fingerprint density at radius 3 is 2.28 bits per heavy atom. The Bertz CT molecular complexity index is 847. The van der Waals surface area contributed by atoms with Gasteiger partial charge in [0.1, 0.15) is 0 Å². The van der Waals surface area contributed by atoms with Gasteiger partial charge >= 0.3 is 0 Å². The molecule has 0 unspecified atom stereocenters. The van der Waals surface area contributed by atoms with E-state index in [4.69, 9.17) is 0 Å². The number of anilines is 1. The highest BCUT2D eigenvalue weighted by molar-refractivity contribution is 5.94. The topological polar surface area (TPSA) is 61.4 Å². The van der Waals surface area contributed by atoms with Crippen molar-refractivity contribution in [1.29, 1.82) is 0 Å². The van der Waals surface area contributed by atoms with E-state index in [1.165, 1.54) is 5.56 Å². The van der Waals surface area contributed by atoms with Crippen LogP contribution in [0.15, 0.2) is 48.5 Å². The quantitative estimate of drug-likeness (QED) is 0.781. The molecule has 5 heteroatoms. The molecule has 0 aliphatic carbocycles. The van der Waals surface area contributed by atoms with Crippen molar-refractivity contribution in [2.24, 2.45) is 0 Å². The number of hydrogen-bond acceptors (Lipinski definition) is 3. The molecule has 1 aliphatic rings. The highest BCUT2D eigenvalue weighted by Crippen LogP contribution is 2.28. The second kappa shape index (κ2) is 9.12. The fraction of sp³-hybridized carbons (Fsp3) is 0.417. The van der Waals surface area contributed by atoms with Crippen molar-refractivity contribution in [3.05, 3.63) is 65.2 Å². The van der Waals surface area contributed by atoms with E-state index in [0.29, 0.717) is 12.1 Å². The summed E-state index contributed by atoms with van der Waals surface area (Å²) < 4.78 is 0. The number of likely N-dealkylation sites (tertiary alicyclic amines) is 1. The highest BCUT2D eigenvalue weighted by atomic mass is 16.2. The molecular weight excluding hydrogens is 362 g/mol. The van der Waals surface area contributed by atoms with Crippen LogP contribution in [0.3, 0.4) is 0 Å². The minimum Gasteiger partial charge on any atom is -0.376 e. The number of nitrogens with one attached hydrogen (secondary N) is 2. The maximum atomic E-state index is 12.4. The molecule has 1 fully saturated rings. The summed E-state index contributed by atoms with van der Waals surface area (Å²) in [6.45, 7) is 8.84. The molecule has 154 valence electrons. The summed E-state index contributed by atoms with van der Waals surface area (Å²) in [4.78, 5) is 26.6. The minimum atomic E-state index is -0.0640. The van der Waals surface area contributed by atoms with E-state index < -0.39 is 0 Å². The number of para-hydroxylation sites is 1. The number of rotatable bonds is 6. The summed E-state index contributed by atoms with van der Waals surface area (Å²) in [5, 5.41) is 6.18. The molecule has 0 aromatic heterocycles. The third-order valence-corrected chi connectivity index (χ3v) is 5.26. The second-order valence-electron chi connectivity index (χ2n) is 8.62. The summed E-state index contributed by atoms with van der Waals surface area (Å²) in [5.74, 6) is 0.0331. The van der Waals surface area contributed by atoms with E-state index in [0.717, 1.165) is 37.2 Å². The molecule has 0 saturated carbocycles. The molecule has 0 atom stereocenters. The van der Waals surface area contributed by atoms with E-state index in [1.54, 1.807) is 0 Å². The van der Waals surface area contributed by atoms with Crippen LogP contribution in [-0.4, -0.2) is 36.3 Å². The summed E-state index contributed by atoms with van der Waals surface area (Å²) in [6, 6.07) is 15.6. The summed E-state index contributed by atoms with van der Waals surface area (Å²) in [6.07, 6.45) is 2.17. The van der Waals surface area contributed by atoms with Crippen LogP contribution in [0.25, 0.3) is 0 Å². The van der Waals surface area contributed by atoms with Gasteiger partial charge in [-0.2, -0.15) is 0 Å². The third-order valence-electron chi connectivity index (χ3n) is 5.26. The molecule has 2 aromatic rings. The van der Waals surface area contributed by atoms with E-state index >= 15 is 0 Å². The Balaban J connectivity index is 1.49. The minimum absolute atomic E-state index is 0.00825. The van der Waals surface area contributed by atoms with E-state index in [1.807, 2.05) is 47.4 Å². The van der Waals surface area contributed by atoms with Crippen LogP contribution < -0.4 is 10.6 Å². The van der Waals surface area contributed by atoms with E-state index in [9.17, 15) is 9.59 Å². The molecule has 3 rings (SSSR count). The first-order valence-electron chi connectivity index (χ1n) is 10.3. The van der Waals surface area contributed by atoms with Gasteiger partial charge in [0.2, 0.25) is 5.91 Å². The molecular formula is C24H31N3O2. The number of carbonyl (C=O) groups excluding carboxylic acids is 2. The first kappa shape index (κ1) is 20.9. The number of nitrogens with zero attached hydrogens (tertiary/aromatic N) is 1. The van der Waals surface area contributed by atoms with Crippen molar-refractivity contribution in [3.8, 4) is 0 Å². The van der Waals surface area contributed by atoms with Crippen LogP contribution in [0, 0.1) is 0 Å². The van der Waals surface area contributed by atoms with Gasteiger partial charge in [-0.05, 0) is 47.6 Å². The van der Waals surface area contributed by atoms with Gasteiger partial charge in [-0.3, -0.25) is 9.59 Å². The molecule has 0 spiro atoms. The normalized spacial score (nSPS) is 14.0. The predicted octanol–water partition coefficient (Wildman–Crippen LogP) is 3.95. The second-order valence-corrected chi connectivity index (χ2v) is 8.62. The molecule has 2 N–H and O–H groups in total. The predicted molar refractivity (Wildman–Crippen MR) is 117 cm³/mol. The van der Waals surface area contributed by atoms with Crippen LogP contribution in [0.5, 0.6) is 0 Å². The fourth-order valence-corrected chi connectivity index (χ4v) is 3.60. The van der Waals surface area contributed by atoms with E-state index in [2.05, 4.69) is 37.5 Å². The Labute approximate surface area is 173 Å². The van der Waals surface area contributed by atoms with Gasteiger partial charge in [0.05, 0.1) is 6.54 Å². The van der Waals surface area contributed by atoms with Crippen LogP contribution in [-0.2, 0) is 16.8 Å². The standard InChI is InChI=1S/C24H31N3O2/c1-24(2,3)20-8-4-5-9-21(20)25-17-22(28)26-16-18-10-12-19(13-11-18)23(29)27-14-6-7-15-27/h4-5,8-13,25H,6-7,14-17H2,1-3H3,(H,26,28). The molecule has 5 nitrogen and oxygen atoms in total. The Hall–Kier alpha value is -2.82. The molecule has 29 heavy (non-hydrogen) atoms. The number of benzene rings is 2. The molecule has 2 aromatic carbocycles. The molecule has 1 saturated heterocycles. The summed E-state index contributed by atoms with van der Waals surface area (Å²) in [7, 11) is 0. The van der Waals surface area contributed by atoms with Crippen LogP contribution in [0.1, 0.15) is 55.1 Å². The zero-order valence-electron chi connectivity index (χ0n) is 17.6. The number of carbonyl (C=O) groups is 2. The lowest BCUT2D eigenvalue weighted by Gasteiger charge is -2.23. The van der Waals surface area contributed by atoms with Crippen molar-refractivity contribution < 1.29 is 9.59 Å². The maximum absolute atomic E-state index is 12.4. The van der Waals surface area contributed by atoms with Gasteiger partial charge in [0.25, 0.3) is 5.91 Å². The smallest absolute Gasteiger partial charge is 0.253 e. The third kappa shape index (κ3) is 5.59. The number of amides is 2. The Morgan fingerprint density at radius 2 is 1.62 bits per heavy atom. The zero-order valence-corrected chi connectivity index (χ0v) is 17.6. The fourth-order valence-electron chi connectivity index (χ4n) is 3.60. The van der Waals surface area contributed by atoms with Crippen molar-refractivity contribution in [2.45, 2.75) is 45.6 Å². The molecule has 2 amide bonds. The Kier molecular flexibility index (Phi) is 6.57. The van der Waals surface area contributed by atoms with Gasteiger partial charge in [0.15, 0.2) is 0 Å². The van der Waals surface area contributed by atoms with Crippen molar-refractivity contribution in [2.75, 3.05) is 25.0 Å². The van der Waals surface area contributed by atoms with Gasteiger partial charge < -0.3 is 15.5 Å². The summed E-state index contributed by atoms with van der Waals surface area (Å²) >= 11 is 0. The van der Waals surface area contributed by atoms with Crippen LogP contribution in [0.2, 0.25) is 0 Å². The first-order valence-corrected chi connectivity index (χ1v) is 10.3. The highest BCUT2D eigenvalue weighted by Gasteiger charge is 2.19. The van der Waals surface area contributed by atoms with Crippen molar-refractivity contribution in [1.82, 2.24) is 10.2 Å². The lowest BCUT2D eigenvalue weighted by molar-refractivity contribution is -0.119. The zero-order chi connectivity index (χ0) is 20.9. The first-order chi connectivity index (χ1) is 13.8. The lowest BCUT2D eigenvalue weighted by Crippen LogP contribution is -2.30. The summed E-state index contributed by atoms with van der Waals surface area (Å²) in [5.41, 5.74) is 3.87. The molecule has 1 aliphatic heterocycles. The average molecular weight is 394 g/mol. The van der Waals surface area contributed by atoms with Gasteiger partial charge in [-0.1, -0.05) is 51.1 Å². The largest absolute Gasteiger partial charge is 0.376 e. The number of hydrogen-bond donors (Lipinski definition) is 2. The monoisotopic (exact) mass is 393 g/mol. The van der Waals surface area contributed by atoms with Crippen molar-refractivity contribution >= 4 is 17.5 Å². The van der Waals surface area contributed by atoms with Gasteiger partial charge in [-0.25, -0.2) is 0 Å². The van der Waals surface area contributed by atoms with Gasteiger partial charge in [-0.15, -0.1) is 0 Å². The molecule has 1 heterocycles. The van der Waals surface area contributed by atoms with Crippen LogP contribution >= 0.6 is 0 Å². The SMILES string of the molecule is CC(C)(C)c1ccccc1NCC(=O)NCc1ccc(C(=O)N2CCCC2)cc1. The lowest BCUT2D eigenvalue weighted by atomic mass is 9.86. The molecule has 0 bridgehead atoms. The van der Waals surface area contributed by atoms with Crippen LogP contribution in [0.4, 0.5) is 5.69 Å². The van der Waals surface area contributed by atoms with E-state index in [-0.39, 0.29) is 23.8 Å². The molecule has 0 radical (unpaired) electrons. The maximum Gasteiger partial charge on any atom is 0.253 e. The average Bonchev–Trinajstić information content (AvgIpc) is 3.25. The Morgan fingerprint density at radius 1 is 0.966 bits per heavy atom. The van der Waals surface area contributed by atoms with Gasteiger partial charge in [0, 0.05) is 30.9 Å². The van der Waals surface area contributed by atoms with Crippen molar-refractivity contribution in [3.63, 3.8) is 0 Å².